The quantitative estimate of drug-likeness (QED) is 0.519. The monoisotopic (exact) mass is 503 g/mol. The number of ether oxygens (including phenoxy) is 3. The number of piperidine rings is 1. The van der Waals surface area contributed by atoms with Gasteiger partial charge in [-0.3, -0.25) is 0 Å². The van der Waals surface area contributed by atoms with Crippen LogP contribution in [0.15, 0.2) is 16.7 Å². The first-order valence-corrected chi connectivity index (χ1v) is 13.2. The minimum absolute atomic E-state index is 0.182. The van der Waals surface area contributed by atoms with E-state index in [0.717, 1.165) is 86.2 Å². The number of hydrogen-bond donors (Lipinski definition) is 1. The minimum atomic E-state index is -0.450. The second kappa shape index (κ2) is 12.3. The van der Waals surface area contributed by atoms with Gasteiger partial charge in [-0.2, -0.15) is 0 Å². The molecule has 1 aliphatic heterocycles. The largest absolute Gasteiger partial charge is 0.493 e. The molecule has 1 amide bonds. The maximum Gasteiger partial charge on any atom is 0.410 e. The second-order valence-corrected chi connectivity index (χ2v) is 11.4. The summed E-state index contributed by atoms with van der Waals surface area (Å²) in [7, 11) is 5.50. The van der Waals surface area contributed by atoms with E-state index in [4.69, 9.17) is 18.7 Å². The molecule has 0 atom stereocenters. The van der Waals surface area contributed by atoms with E-state index in [1.807, 2.05) is 52.8 Å². The van der Waals surface area contributed by atoms with E-state index < -0.39 is 5.60 Å². The average Bonchev–Trinajstić information content (AvgIpc) is 3.46. The van der Waals surface area contributed by atoms with E-state index in [1.165, 1.54) is 0 Å². The summed E-state index contributed by atoms with van der Waals surface area (Å²) in [6, 6.07) is 4.12. The van der Waals surface area contributed by atoms with E-state index in [1.54, 1.807) is 7.11 Å². The molecule has 0 unspecified atom stereocenters. The van der Waals surface area contributed by atoms with E-state index >= 15 is 0 Å². The maximum atomic E-state index is 12.3. The van der Waals surface area contributed by atoms with Gasteiger partial charge in [0.05, 0.1) is 18.9 Å². The predicted octanol–water partition coefficient (Wildman–Crippen LogP) is 5.36. The highest BCUT2D eigenvalue weighted by molar-refractivity contribution is 5.84. The predicted molar refractivity (Wildman–Crippen MR) is 142 cm³/mol. The number of amides is 1. The van der Waals surface area contributed by atoms with Crippen LogP contribution in [0.25, 0.3) is 11.0 Å². The van der Waals surface area contributed by atoms with Gasteiger partial charge in [0.2, 0.25) is 0 Å². The van der Waals surface area contributed by atoms with Crippen molar-refractivity contribution in [2.75, 3.05) is 47.5 Å². The fourth-order valence-corrected chi connectivity index (χ4v) is 4.62. The van der Waals surface area contributed by atoms with Crippen LogP contribution in [0.4, 0.5) is 4.79 Å². The first-order chi connectivity index (χ1) is 17.1. The zero-order chi connectivity index (χ0) is 26.3. The molecule has 1 aromatic carbocycles. The summed E-state index contributed by atoms with van der Waals surface area (Å²) in [5.41, 5.74) is 2.56. The number of nitrogens with one attached hydrogen (secondary N) is 1. The molecule has 202 valence electrons. The van der Waals surface area contributed by atoms with Crippen molar-refractivity contribution in [1.82, 2.24) is 15.4 Å². The van der Waals surface area contributed by atoms with Gasteiger partial charge in [0.25, 0.3) is 0 Å². The Labute approximate surface area is 216 Å². The summed E-state index contributed by atoms with van der Waals surface area (Å²) in [4.78, 5) is 14.1. The van der Waals surface area contributed by atoms with Gasteiger partial charge >= 0.3 is 6.09 Å². The van der Waals surface area contributed by atoms with E-state index in [2.05, 4.69) is 16.5 Å². The topological polar surface area (TPSA) is 86.1 Å². The number of rotatable bonds is 8. The Hall–Kier alpha value is -2.32. The number of aromatic nitrogens is 1. The van der Waals surface area contributed by atoms with Gasteiger partial charge in [0, 0.05) is 36.6 Å². The van der Waals surface area contributed by atoms with Crippen molar-refractivity contribution in [2.45, 2.75) is 71.8 Å². The summed E-state index contributed by atoms with van der Waals surface area (Å²) >= 11 is 0. The van der Waals surface area contributed by atoms with Crippen LogP contribution in [0, 0.1) is 18.3 Å². The molecule has 8 heteroatoms. The number of nitrogens with zero attached hydrogens (tertiary/aromatic N) is 2. The van der Waals surface area contributed by atoms with E-state index in [-0.39, 0.29) is 11.5 Å². The number of hydrogen-bond acceptors (Lipinski definition) is 7. The summed E-state index contributed by atoms with van der Waals surface area (Å²) in [5.74, 6) is 1.44. The van der Waals surface area contributed by atoms with E-state index in [9.17, 15) is 4.79 Å². The number of methoxy groups -OCH3 is 1. The zero-order valence-corrected chi connectivity index (χ0v) is 23.2. The molecule has 0 bridgehead atoms. The number of fused-ring (bicyclic) bond motifs is 1. The number of likely N-dealkylation sites (tertiary alicyclic amines) is 1. The van der Waals surface area contributed by atoms with Crippen LogP contribution in [0.2, 0.25) is 0 Å². The highest BCUT2D eigenvalue weighted by Crippen LogP contribution is 2.46. The standard InChI is InChI=1S/C26H38N2O5.C2H7N/c1-18-22(31-17-26(12-13-26)16-30-5)9-7-20-21(27-33-23(18)20)8-6-19-10-14-28(15-11-19)24(29)32-25(2,3)4;1-3-2/h7,9,19H,6,8,10-17H2,1-5H3;3H,1-2H3. The molecule has 2 aromatic rings. The highest BCUT2D eigenvalue weighted by Gasteiger charge is 2.43. The van der Waals surface area contributed by atoms with Gasteiger partial charge in [0.15, 0.2) is 5.58 Å². The Kier molecular flexibility index (Phi) is 9.64. The normalized spacial score (nSPS) is 17.5. The molecule has 0 radical (unpaired) electrons. The van der Waals surface area contributed by atoms with E-state index in [0.29, 0.717) is 12.5 Å². The molecule has 1 saturated carbocycles. The first-order valence-electron chi connectivity index (χ1n) is 13.2. The van der Waals surface area contributed by atoms with Crippen molar-refractivity contribution >= 4 is 17.1 Å². The smallest absolute Gasteiger partial charge is 0.410 e. The summed E-state index contributed by atoms with van der Waals surface area (Å²) in [5, 5.41) is 8.20. The Bertz CT molecular complexity index is 985. The Morgan fingerprint density at radius 1 is 1.19 bits per heavy atom. The van der Waals surface area contributed by atoms with Crippen molar-refractivity contribution < 1.29 is 23.5 Å². The van der Waals surface area contributed by atoms with Crippen molar-refractivity contribution in [3.63, 3.8) is 0 Å². The molecule has 2 heterocycles. The third kappa shape index (κ3) is 7.59. The fraction of sp³-hybridized carbons (Fsp3) is 0.714. The molecule has 0 spiro atoms. The lowest BCUT2D eigenvalue weighted by atomic mass is 9.91. The molecule has 1 N–H and O–H groups in total. The molecule has 4 rings (SSSR count). The van der Waals surface area contributed by atoms with Gasteiger partial charge < -0.3 is 29.0 Å². The molecule has 36 heavy (non-hydrogen) atoms. The van der Waals surface area contributed by atoms with Gasteiger partial charge in [-0.05, 0) is 98.4 Å². The van der Waals surface area contributed by atoms with Gasteiger partial charge in [-0.25, -0.2) is 4.79 Å². The van der Waals surface area contributed by atoms with Crippen molar-refractivity contribution in [3.05, 3.63) is 23.4 Å². The number of carbonyl (C=O) groups excluding carboxylic acids is 1. The third-order valence-electron chi connectivity index (χ3n) is 6.91. The summed E-state index contributed by atoms with van der Waals surface area (Å²) in [6.07, 6.45) is 6.02. The Morgan fingerprint density at radius 3 is 2.44 bits per heavy atom. The van der Waals surface area contributed by atoms with Gasteiger partial charge in [-0.1, -0.05) is 5.16 Å². The molecular formula is C28H45N3O5. The van der Waals surface area contributed by atoms with Crippen LogP contribution in [0.1, 0.15) is 64.1 Å². The molecule has 2 fully saturated rings. The van der Waals surface area contributed by atoms with Gasteiger partial charge in [-0.15, -0.1) is 0 Å². The lowest BCUT2D eigenvalue weighted by Gasteiger charge is -2.33. The van der Waals surface area contributed by atoms with Crippen LogP contribution in [-0.2, 0) is 15.9 Å². The van der Waals surface area contributed by atoms with Crippen molar-refractivity contribution in [1.29, 1.82) is 0 Å². The average molecular weight is 504 g/mol. The van der Waals surface area contributed by atoms with Crippen LogP contribution < -0.4 is 10.1 Å². The molecule has 1 aromatic heterocycles. The number of benzene rings is 1. The molecular weight excluding hydrogens is 458 g/mol. The van der Waals surface area contributed by atoms with Crippen LogP contribution in [-0.4, -0.2) is 69.3 Å². The number of aryl methyl sites for hydroxylation is 2. The molecule has 2 aliphatic rings. The zero-order valence-electron chi connectivity index (χ0n) is 23.2. The highest BCUT2D eigenvalue weighted by atomic mass is 16.6. The summed E-state index contributed by atoms with van der Waals surface area (Å²) < 4.78 is 22.7. The number of carbonyl (C=O) groups is 1. The third-order valence-corrected chi connectivity index (χ3v) is 6.91. The second-order valence-electron chi connectivity index (χ2n) is 11.4. The van der Waals surface area contributed by atoms with Crippen molar-refractivity contribution in [2.24, 2.45) is 11.3 Å². The lowest BCUT2D eigenvalue weighted by molar-refractivity contribution is 0.0181. The Balaban J connectivity index is 0.00000115. The van der Waals surface area contributed by atoms with Crippen molar-refractivity contribution in [3.8, 4) is 5.75 Å². The minimum Gasteiger partial charge on any atom is -0.493 e. The van der Waals surface area contributed by atoms with Gasteiger partial charge in [0.1, 0.15) is 11.4 Å². The molecule has 1 aliphatic carbocycles. The van der Waals surface area contributed by atoms with Crippen LogP contribution >= 0.6 is 0 Å². The molecule has 8 nitrogen and oxygen atoms in total. The van der Waals surface area contributed by atoms with Crippen LogP contribution in [0.5, 0.6) is 5.75 Å². The Morgan fingerprint density at radius 2 is 1.86 bits per heavy atom. The fourth-order valence-electron chi connectivity index (χ4n) is 4.62. The van der Waals surface area contributed by atoms with Crippen LogP contribution in [0.3, 0.4) is 0 Å². The first kappa shape index (κ1) is 28.3. The lowest BCUT2D eigenvalue weighted by Crippen LogP contribution is -2.41. The molecule has 1 saturated heterocycles. The summed E-state index contributed by atoms with van der Waals surface area (Å²) in [6.45, 7) is 10.7. The SMILES string of the molecule is CNC.COCC1(COc2ccc3c(CCC4CCN(C(=O)OC(C)(C)C)CC4)noc3c2C)CC1. The maximum absolute atomic E-state index is 12.3.